The Labute approximate surface area is 107 Å². The monoisotopic (exact) mass is 249 g/mol. The Morgan fingerprint density at radius 3 is 2.72 bits per heavy atom. The maximum absolute atomic E-state index is 5.44. The van der Waals surface area contributed by atoms with Crippen LogP contribution in [0.3, 0.4) is 0 Å². The van der Waals surface area contributed by atoms with Crippen LogP contribution in [0.2, 0.25) is 0 Å². The largest absolute Gasteiger partial charge is 0.381 e. The maximum atomic E-state index is 5.44. The summed E-state index contributed by atoms with van der Waals surface area (Å²) in [6.45, 7) is 6.99. The molecule has 1 aromatic rings. The van der Waals surface area contributed by atoms with E-state index in [0.717, 1.165) is 63.3 Å². The van der Waals surface area contributed by atoms with Crippen molar-refractivity contribution in [2.24, 2.45) is 0 Å². The third-order valence-electron chi connectivity index (χ3n) is 3.53. The molecule has 98 valence electrons. The van der Waals surface area contributed by atoms with Crippen molar-refractivity contribution in [3.8, 4) is 0 Å². The predicted molar refractivity (Wildman–Crippen MR) is 68.0 cm³/mol. The van der Waals surface area contributed by atoms with E-state index in [9.17, 15) is 0 Å². The Bertz CT molecular complexity index is 413. The first-order chi connectivity index (χ1) is 8.83. The standard InChI is InChI=1S/C13H19N3O2/c1-10-14-12(11-2-5-18-9-11)8-13(15-10)16-3-6-17-7-4-16/h8,11H,2-7,9H2,1H3. The lowest BCUT2D eigenvalue weighted by atomic mass is 10.0. The van der Waals surface area contributed by atoms with Crippen LogP contribution in [0.25, 0.3) is 0 Å². The molecule has 0 aliphatic carbocycles. The quantitative estimate of drug-likeness (QED) is 0.786. The molecule has 18 heavy (non-hydrogen) atoms. The highest BCUT2D eigenvalue weighted by molar-refractivity contribution is 5.41. The van der Waals surface area contributed by atoms with Gasteiger partial charge in [-0.3, -0.25) is 0 Å². The minimum absolute atomic E-state index is 0.437. The molecule has 2 fully saturated rings. The first kappa shape index (κ1) is 11.9. The van der Waals surface area contributed by atoms with E-state index < -0.39 is 0 Å². The molecule has 1 atom stereocenters. The molecule has 1 unspecified atom stereocenters. The van der Waals surface area contributed by atoms with Crippen molar-refractivity contribution >= 4 is 5.82 Å². The van der Waals surface area contributed by atoms with Crippen LogP contribution in [0.4, 0.5) is 5.82 Å². The smallest absolute Gasteiger partial charge is 0.132 e. The molecule has 0 aromatic carbocycles. The second-order valence-corrected chi connectivity index (χ2v) is 4.86. The second kappa shape index (κ2) is 5.20. The number of aromatic nitrogens is 2. The van der Waals surface area contributed by atoms with E-state index in [1.807, 2.05) is 6.92 Å². The zero-order chi connectivity index (χ0) is 12.4. The molecule has 3 rings (SSSR count). The summed E-state index contributed by atoms with van der Waals surface area (Å²) in [5.41, 5.74) is 1.13. The van der Waals surface area contributed by atoms with Crippen molar-refractivity contribution in [3.05, 3.63) is 17.6 Å². The Balaban J connectivity index is 1.84. The number of ether oxygens (including phenoxy) is 2. The number of rotatable bonds is 2. The van der Waals surface area contributed by atoms with Crippen LogP contribution in [-0.4, -0.2) is 49.5 Å². The van der Waals surface area contributed by atoms with E-state index in [-0.39, 0.29) is 0 Å². The SMILES string of the molecule is Cc1nc(C2CCOC2)cc(N2CCOCC2)n1. The van der Waals surface area contributed by atoms with Gasteiger partial charge in [0.05, 0.1) is 25.5 Å². The van der Waals surface area contributed by atoms with Crippen molar-refractivity contribution in [1.29, 1.82) is 0 Å². The van der Waals surface area contributed by atoms with Crippen LogP contribution in [0, 0.1) is 6.92 Å². The van der Waals surface area contributed by atoms with E-state index in [1.165, 1.54) is 0 Å². The van der Waals surface area contributed by atoms with Gasteiger partial charge in [0.15, 0.2) is 0 Å². The summed E-state index contributed by atoms with van der Waals surface area (Å²) in [5.74, 6) is 2.32. The molecule has 0 saturated carbocycles. The molecule has 0 spiro atoms. The normalized spacial score (nSPS) is 24.5. The number of aryl methyl sites for hydroxylation is 1. The summed E-state index contributed by atoms with van der Waals surface area (Å²) in [6, 6.07) is 2.12. The topological polar surface area (TPSA) is 47.5 Å². The predicted octanol–water partition coefficient (Wildman–Crippen LogP) is 1.13. The van der Waals surface area contributed by atoms with Gasteiger partial charge in [-0.1, -0.05) is 0 Å². The van der Waals surface area contributed by atoms with Gasteiger partial charge in [0.2, 0.25) is 0 Å². The lowest BCUT2D eigenvalue weighted by Gasteiger charge is -2.28. The van der Waals surface area contributed by atoms with E-state index in [2.05, 4.69) is 20.9 Å². The van der Waals surface area contributed by atoms with Crippen molar-refractivity contribution in [2.45, 2.75) is 19.3 Å². The maximum Gasteiger partial charge on any atom is 0.132 e. The van der Waals surface area contributed by atoms with Crippen LogP contribution in [0.15, 0.2) is 6.07 Å². The molecule has 0 amide bonds. The molecular weight excluding hydrogens is 230 g/mol. The molecule has 5 nitrogen and oxygen atoms in total. The zero-order valence-electron chi connectivity index (χ0n) is 10.8. The van der Waals surface area contributed by atoms with Gasteiger partial charge in [-0.15, -0.1) is 0 Å². The third kappa shape index (κ3) is 2.47. The number of morpholine rings is 1. The Morgan fingerprint density at radius 1 is 1.17 bits per heavy atom. The lowest BCUT2D eigenvalue weighted by Crippen LogP contribution is -2.37. The fourth-order valence-electron chi connectivity index (χ4n) is 2.51. The van der Waals surface area contributed by atoms with E-state index >= 15 is 0 Å². The molecule has 2 saturated heterocycles. The van der Waals surface area contributed by atoms with Gasteiger partial charge in [0, 0.05) is 31.7 Å². The number of anilines is 1. The first-order valence-corrected chi connectivity index (χ1v) is 6.59. The summed E-state index contributed by atoms with van der Waals surface area (Å²) >= 11 is 0. The van der Waals surface area contributed by atoms with Gasteiger partial charge in [0.1, 0.15) is 11.6 Å². The Kier molecular flexibility index (Phi) is 3.43. The van der Waals surface area contributed by atoms with E-state index in [1.54, 1.807) is 0 Å². The lowest BCUT2D eigenvalue weighted by molar-refractivity contribution is 0.122. The van der Waals surface area contributed by atoms with Gasteiger partial charge in [-0.25, -0.2) is 9.97 Å². The van der Waals surface area contributed by atoms with Gasteiger partial charge >= 0.3 is 0 Å². The number of hydrogen-bond donors (Lipinski definition) is 0. The summed E-state index contributed by atoms with van der Waals surface area (Å²) < 4.78 is 10.8. The highest BCUT2D eigenvalue weighted by Crippen LogP contribution is 2.26. The summed E-state index contributed by atoms with van der Waals surface area (Å²) in [6.07, 6.45) is 1.07. The summed E-state index contributed by atoms with van der Waals surface area (Å²) in [4.78, 5) is 11.4. The molecule has 0 bridgehead atoms. The molecule has 2 aliphatic rings. The fraction of sp³-hybridized carbons (Fsp3) is 0.692. The molecular formula is C13H19N3O2. The zero-order valence-corrected chi connectivity index (χ0v) is 10.8. The third-order valence-corrected chi connectivity index (χ3v) is 3.53. The fourth-order valence-corrected chi connectivity index (χ4v) is 2.51. The minimum Gasteiger partial charge on any atom is -0.381 e. The van der Waals surface area contributed by atoms with Gasteiger partial charge < -0.3 is 14.4 Å². The average molecular weight is 249 g/mol. The summed E-state index contributed by atoms with van der Waals surface area (Å²) in [7, 11) is 0. The highest BCUT2D eigenvalue weighted by Gasteiger charge is 2.22. The first-order valence-electron chi connectivity index (χ1n) is 6.59. The van der Waals surface area contributed by atoms with Crippen LogP contribution in [0.5, 0.6) is 0 Å². The molecule has 5 heteroatoms. The van der Waals surface area contributed by atoms with Gasteiger partial charge in [-0.2, -0.15) is 0 Å². The van der Waals surface area contributed by atoms with Crippen molar-refractivity contribution < 1.29 is 9.47 Å². The van der Waals surface area contributed by atoms with E-state index in [4.69, 9.17) is 9.47 Å². The van der Waals surface area contributed by atoms with Crippen molar-refractivity contribution in [2.75, 3.05) is 44.4 Å². The van der Waals surface area contributed by atoms with E-state index in [0.29, 0.717) is 5.92 Å². The van der Waals surface area contributed by atoms with Crippen LogP contribution in [0.1, 0.15) is 23.9 Å². The Hall–Kier alpha value is -1.20. The molecule has 2 aliphatic heterocycles. The summed E-state index contributed by atoms with van der Waals surface area (Å²) in [5, 5.41) is 0. The van der Waals surface area contributed by atoms with Crippen molar-refractivity contribution in [3.63, 3.8) is 0 Å². The molecule has 0 N–H and O–H groups in total. The highest BCUT2D eigenvalue weighted by atomic mass is 16.5. The van der Waals surface area contributed by atoms with Crippen molar-refractivity contribution in [1.82, 2.24) is 9.97 Å². The second-order valence-electron chi connectivity index (χ2n) is 4.86. The van der Waals surface area contributed by atoms with Gasteiger partial charge in [0.25, 0.3) is 0 Å². The van der Waals surface area contributed by atoms with Gasteiger partial charge in [-0.05, 0) is 13.3 Å². The minimum atomic E-state index is 0.437. The number of nitrogens with zero attached hydrogens (tertiary/aromatic N) is 3. The molecule has 3 heterocycles. The molecule has 0 radical (unpaired) electrons. The van der Waals surface area contributed by atoms with Crippen LogP contribution in [-0.2, 0) is 9.47 Å². The average Bonchev–Trinajstić information content (AvgIpc) is 2.93. The van der Waals surface area contributed by atoms with Crippen LogP contribution >= 0.6 is 0 Å². The Morgan fingerprint density at radius 2 is 2.00 bits per heavy atom. The molecule has 1 aromatic heterocycles. The van der Waals surface area contributed by atoms with Crippen LogP contribution < -0.4 is 4.90 Å². The number of hydrogen-bond acceptors (Lipinski definition) is 5.